The molecule has 0 atom stereocenters. The Balaban J connectivity index is 1.55. The van der Waals surface area contributed by atoms with E-state index < -0.39 is 18.5 Å². The first-order chi connectivity index (χ1) is 13.5. The van der Waals surface area contributed by atoms with Gasteiger partial charge in [0.1, 0.15) is 5.52 Å². The molecule has 2 aromatic carbocycles. The summed E-state index contributed by atoms with van der Waals surface area (Å²) in [6.45, 7) is 3.61. The van der Waals surface area contributed by atoms with Crippen LogP contribution in [0.15, 0.2) is 42.5 Å². The van der Waals surface area contributed by atoms with E-state index in [-0.39, 0.29) is 5.91 Å². The number of carbonyl (C=O) groups is 3. The number of aryl methyl sites for hydroxylation is 1. The molecule has 2 amide bonds. The molecule has 0 spiro atoms. The van der Waals surface area contributed by atoms with Crippen molar-refractivity contribution in [2.24, 2.45) is 0 Å². The number of carbonyl (C=O) groups excluding carboxylic acids is 3. The highest BCUT2D eigenvalue weighted by Crippen LogP contribution is 2.15. The second-order valence-corrected chi connectivity index (χ2v) is 5.99. The number of anilines is 2. The summed E-state index contributed by atoms with van der Waals surface area (Å²) in [6, 6.07) is 11.5. The summed E-state index contributed by atoms with van der Waals surface area (Å²) in [5.74, 6) is -1.28. The molecule has 0 unspecified atom stereocenters. The fourth-order valence-electron chi connectivity index (χ4n) is 2.58. The van der Waals surface area contributed by atoms with E-state index in [1.165, 1.54) is 6.92 Å². The fourth-order valence-corrected chi connectivity index (χ4v) is 2.58. The van der Waals surface area contributed by atoms with E-state index in [0.717, 1.165) is 5.52 Å². The predicted octanol–water partition coefficient (Wildman–Crippen LogP) is 2.21. The van der Waals surface area contributed by atoms with Gasteiger partial charge in [-0.1, -0.05) is 5.21 Å². The minimum absolute atomic E-state index is 0.181. The Bertz CT molecular complexity index is 1030. The number of rotatable bonds is 6. The van der Waals surface area contributed by atoms with Crippen molar-refractivity contribution in [3.63, 3.8) is 0 Å². The lowest BCUT2D eigenvalue weighted by Gasteiger charge is -2.08. The Hall–Kier alpha value is -3.75. The van der Waals surface area contributed by atoms with E-state index in [0.29, 0.717) is 29.0 Å². The SMILES string of the molecule is CCn1nnc2cc(C(=O)OCC(=O)Nc3ccc(NC(C)=O)cc3)ccc21. The molecule has 0 bridgehead atoms. The van der Waals surface area contributed by atoms with Crippen molar-refractivity contribution in [2.45, 2.75) is 20.4 Å². The maximum Gasteiger partial charge on any atom is 0.338 e. The van der Waals surface area contributed by atoms with Crippen LogP contribution >= 0.6 is 0 Å². The molecular formula is C19H19N5O4. The normalized spacial score (nSPS) is 10.5. The zero-order valence-corrected chi connectivity index (χ0v) is 15.4. The number of nitrogens with one attached hydrogen (secondary N) is 2. The predicted molar refractivity (Wildman–Crippen MR) is 103 cm³/mol. The molecule has 9 nitrogen and oxygen atoms in total. The number of nitrogens with zero attached hydrogens (tertiary/aromatic N) is 3. The van der Waals surface area contributed by atoms with Gasteiger partial charge < -0.3 is 15.4 Å². The van der Waals surface area contributed by atoms with Gasteiger partial charge in [0, 0.05) is 24.8 Å². The first-order valence-corrected chi connectivity index (χ1v) is 8.64. The topological polar surface area (TPSA) is 115 Å². The Morgan fingerprint density at radius 2 is 1.71 bits per heavy atom. The maximum absolute atomic E-state index is 12.2. The highest BCUT2D eigenvalue weighted by atomic mass is 16.5. The summed E-state index contributed by atoms with van der Waals surface area (Å²) in [6.07, 6.45) is 0. The van der Waals surface area contributed by atoms with Crippen LogP contribution in [-0.2, 0) is 20.9 Å². The summed E-state index contributed by atoms with van der Waals surface area (Å²) < 4.78 is 6.77. The van der Waals surface area contributed by atoms with E-state index in [2.05, 4.69) is 20.9 Å². The average molecular weight is 381 g/mol. The third-order valence-corrected chi connectivity index (χ3v) is 3.87. The van der Waals surface area contributed by atoms with E-state index >= 15 is 0 Å². The summed E-state index contributed by atoms with van der Waals surface area (Å²) in [5, 5.41) is 13.2. The number of hydrogen-bond acceptors (Lipinski definition) is 6. The number of ether oxygens (including phenoxy) is 1. The van der Waals surface area contributed by atoms with Crippen LogP contribution in [0.4, 0.5) is 11.4 Å². The molecule has 0 aliphatic carbocycles. The van der Waals surface area contributed by atoms with Crippen LogP contribution in [0.25, 0.3) is 11.0 Å². The van der Waals surface area contributed by atoms with Crippen LogP contribution < -0.4 is 10.6 Å². The highest BCUT2D eigenvalue weighted by Gasteiger charge is 2.13. The Kier molecular flexibility index (Phi) is 5.64. The molecule has 0 saturated heterocycles. The van der Waals surface area contributed by atoms with Gasteiger partial charge in [0.25, 0.3) is 5.91 Å². The van der Waals surface area contributed by atoms with E-state index in [9.17, 15) is 14.4 Å². The van der Waals surface area contributed by atoms with Gasteiger partial charge in [0.05, 0.1) is 11.1 Å². The number of aromatic nitrogens is 3. The molecule has 144 valence electrons. The molecule has 3 rings (SSSR count). The highest BCUT2D eigenvalue weighted by molar-refractivity contribution is 5.97. The minimum atomic E-state index is -0.621. The van der Waals surface area contributed by atoms with Crippen molar-refractivity contribution >= 4 is 40.2 Å². The Labute approximate surface area is 160 Å². The van der Waals surface area contributed by atoms with E-state index in [4.69, 9.17) is 4.74 Å². The van der Waals surface area contributed by atoms with E-state index in [1.807, 2.05) is 6.92 Å². The van der Waals surface area contributed by atoms with Crippen LogP contribution in [0.5, 0.6) is 0 Å². The lowest BCUT2D eigenvalue weighted by molar-refractivity contribution is -0.119. The van der Waals surface area contributed by atoms with Crippen LogP contribution in [-0.4, -0.2) is 39.4 Å². The molecule has 1 heterocycles. The monoisotopic (exact) mass is 381 g/mol. The zero-order chi connectivity index (χ0) is 20.1. The lowest BCUT2D eigenvalue weighted by atomic mass is 10.2. The minimum Gasteiger partial charge on any atom is -0.452 e. The van der Waals surface area contributed by atoms with E-state index in [1.54, 1.807) is 47.1 Å². The van der Waals surface area contributed by atoms with Crippen molar-refractivity contribution < 1.29 is 19.1 Å². The number of hydrogen-bond donors (Lipinski definition) is 2. The van der Waals surface area contributed by atoms with Crippen molar-refractivity contribution in [3.8, 4) is 0 Å². The molecular weight excluding hydrogens is 362 g/mol. The lowest BCUT2D eigenvalue weighted by Crippen LogP contribution is -2.21. The van der Waals surface area contributed by atoms with Gasteiger partial charge in [0.15, 0.2) is 6.61 Å². The maximum atomic E-state index is 12.2. The Morgan fingerprint density at radius 3 is 2.36 bits per heavy atom. The first-order valence-electron chi connectivity index (χ1n) is 8.64. The third kappa shape index (κ3) is 4.50. The second-order valence-electron chi connectivity index (χ2n) is 5.99. The number of esters is 1. The quantitative estimate of drug-likeness (QED) is 0.633. The van der Waals surface area contributed by atoms with Crippen molar-refractivity contribution in [3.05, 3.63) is 48.0 Å². The number of benzene rings is 2. The fraction of sp³-hybridized carbons (Fsp3) is 0.211. The molecule has 1 aromatic heterocycles. The van der Waals surface area contributed by atoms with Gasteiger partial charge in [-0.05, 0) is 49.4 Å². The van der Waals surface area contributed by atoms with Gasteiger partial charge in [-0.25, -0.2) is 9.48 Å². The van der Waals surface area contributed by atoms with Gasteiger partial charge in [0.2, 0.25) is 5.91 Å². The van der Waals surface area contributed by atoms with Crippen molar-refractivity contribution in [1.82, 2.24) is 15.0 Å². The molecule has 2 N–H and O–H groups in total. The summed E-state index contributed by atoms with van der Waals surface area (Å²) in [7, 11) is 0. The summed E-state index contributed by atoms with van der Waals surface area (Å²) >= 11 is 0. The van der Waals surface area contributed by atoms with Crippen LogP contribution in [0.2, 0.25) is 0 Å². The largest absolute Gasteiger partial charge is 0.452 e. The molecule has 3 aromatic rings. The second kappa shape index (κ2) is 8.30. The molecule has 0 saturated carbocycles. The molecule has 0 aliphatic heterocycles. The Morgan fingerprint density at radius 1 is 1.04 bits per heavy atom. The van der Waals surface area contributed by atoms with Gasteiger partial charge in [-0.15, -0.1) is 5.10 Å². The van der Waals surface area contributed by atoms with Gasteiger partial charge in [-0.3, -0.25) is 9.59 Å². The third-order valence-electron chi connectivity index (χ3n) is 3.87. The van der Waals surface area contributed by atoms with Gasteiger partial charge >= 0.3 is 5.97 Å². The molecule has 0 fully saturated rings. The van der Waals surface area contributed by atoms with Crippen LogP contribution in [0.3, 0.4) is 0 Å². The smallest absolute Gasteiger partial charge is 0.338 e. The van der Waals surface area contributed by atoms with Crippen molar-refractivity contribution in [2.75, 3.05) is 17.2 Å². The molecule has 0 radical (unpaired) electrons. The van der Waals surface area contributed by atoms with Crippen LogP contribution in [0, 0.1) is 0 Å². The standard InChI is InChI=1S/C19H19N5O4/c1-3-24-17-9-4-13(10-16(17)22-23-24)19(27)28-11-18(26)21-15-7-5-14(6-8-15)20-12(2)25/h4-10H,3,11H2,1-2H3,(H,20,25)(H,21,26). The van der Waals surface area contributed by atoms with Crippen molar-refractivity contribution in [1.29, 1.82) is 0 Å². The summed E-state index contributed by atoms with van der Waals surface area (Å²) in [5.41, 5.74) is 2.84. The number of fused-ring (bicyclic) bond motifs is 1. The average Bonchev–Trinajstić information content (AvgIpc) is 3.09. The molecule has 0 aliphatic rings. The molecule has 9 heteroatoms. The summed E-state index contributed by atoms with van der Waals surface area (Å²) in [4.78, 5) is 35.1. The van der Waals surface area contributed by atoms with Gasteiger partial charge in [-0.2, -0.15) is 0 Å². The number of amides is 2. The zero-order valence-electron chi connectivity index (χ0n) is 15.4. The first kappa shape index (κ1) is 19.0. The molecule has 28 heavy (non-hydrogen) atoms. The van der Waals surface area contributed by atoms with Crippen LogP contribution in [0.1, 0.15) is 24.2 Å².